The molecule has 2 heterocycles. The number of rotatable bonds is 5. The Kier molecular flexibility index (Phi) is 7.79. The van der Waals surface area contributed by atoms with Crippen LogP contribution in [-0.2, 0) is 4.79 Å². The predicted molar refractivity (Wildman–Crippen MR) is 137 cm³/mol. The lowest BCUT2D eigenvalue weighted by Crippen LogP contribution is -2.56. The number of aryl methyl sites for hydroxylation is 1. The standard InChI is InChI=1S/C29H37F2N3O2/c1-19(2)26(32-27(35)23-17-20(3)5-10-25(23)31)28(36)34-15-12-29(13-16-34)11-14-33(4)18-24(29)21-6-8-22(30)9-7-21/h5-10,17,19,24,26H,11-16,18H2,1-4H3,(H,32,35)/t24?,26-/m1/s1. The first-order chi connectivity index (χ1) is 17.1. The Morgan fingerprint density at radius 2 is 1.64 bits per heavy atom. The molecular formula is C29H37F2N3O2. The maximum Gasteiger partial charge on any atom is 0.254 e. The van der Waals surface area contributed by atoms with E-state index in [4.69, 9.17) is 0 Å². The molecular weight excluding hydrogens is 460 g/mol. The molecule has 1 spiro atoms. The van der Waals surface area contributed by atoms with Crippen LogP contribution in [0.15, 0.2) is 42.5 Å². The van der Waals surface area contributed by atoms with E-state index in [0.717, 1.165) is 43.5 Å². The minimum absolute atomic E-state index is 0.0421. The number of nitrogens with zero attached hydrogens (tertiary/aromatic N) is 2. The highest BCUT2D eigenvalue weighted by Crippen LogP contribution is 2.50. The average molecular weight is 498 g/mol. The van der Waals surface area contributed by atoms with Crippen LogP contribution in [0.2, 0.25) is 0 Å². The quantitative estimate of drug-likeness (QED) is 0.648. The van der Waals surface area contributed by atoms with Crippen LogP contribution in [0.1, 0.15) is 60.5 Å². The predicted octanol–water partition coefficient (Wildman–Crippen LogP) is 4.76. The number of halogens is 2. The largest absolute Gasteiger partial charge is 0.341 e. The lowest BCUT2D eigenvalue weighted by Gasteiger charge is -2.52. The summed E-state index contributed by atoms with van der Waals surface area (Å²) in [5.41, 5.74) is 1.95. The van der Waals surface area contributed by atoms with Crippen molar-refractivity contribution in [3.8, 4) is 0 Å². The normalized spacial score (nSPS) is 21.0. The molecule has 2 aromatic rings. The van der Waals surface area contributed by atoms with Crippen LogP contribution in [0.3, 0.4) is 0 Å². The number of likely N-dealkylation sites (N-methyl/N-ethyl adjacent to an activating group) is 1. The van der Waals surface area contributed by atoms with Gasteiger partial charge in [-0.3, -0.25) is 9.59 Å². The van der Waals surface area contributed by atoms with E-state index in [-0.39, 0.29) is 34.5 Å². The van der Waals surface area contributed by atoms with E-state index >= 15 is 0 Å². The van der Waals surface area contributed by atoms with Crippen molar-refractivity contribution >= 4 is 11.8 Å². The molecule has 2 aromatic carbocycles. The van der Waals surface area contributed by atoms with Crippen LogP contribution < -0.4 is 5.32 Å². The summed E-state index contributed by atoms with van der Waals surface area (Å²) in [4.78, 5) is 30.6. The van der Waals surface area contributed by atoms with Gasteiger partial charge in [-0.15, -0.1) is 0 Å². The molecule has 2 amide bonds. The van der Waals surface area contributed by atoms with Crippen molar-refractivity contribution in [2.24, 2.45) is 11.3 Å². The number of hydrogen-bond acceptors (Lipinski definition) is 3. The van der Waals surface area contributed by atoms with E-state index in [9.17, 15) is 18.4 Å². The summed E-state index contributed by atoms with van der Waals surface area (Å²) < 4.78 is 27.9. The molecule has 4 rings (SSSR count). The number of likely N-dealkylation sites (tertiary alicyclic amines) is 2. The van der Waals surface area contributed by atoms with Gasteiger partial charge in [-0.05, 0) is 80.9 Å². The van der Waals surface area contributed by atoms with Crippen molar-refractivity contribution < 1.29 is 18.4 Å². The van der Waals surface area contributed by atoms with Crippen LogP contribution in [-0.4, -0.2) is 60.9 Å². The number of carbonyl (C=O) groups is 2. The number of hydrogen-bond donors (Lipinski definition) is 1. The van der Waals surface area contributed by atoms with Gasteiger partial charge < -0.3 is 15.1 Å². The zero-order valence-corrected chi connectivity index (χ0v) is 21.7. The Morgan fingerprint density at radius 1 is 1.00 bits per heavy atom. The number of benzene rings is 2. The second-order valence-corrected chi connectivity index (χ2v) is 11.0. The molecule has 36 heavy (non-hydrogen) atoms. The molecule has 7 heteroatoms. The fourth-order valence-corrected chi connectivity index (χ4v) is 5.85. The summed E-state index contributed by atoms with van der Waals surface area (Å²) in [5.74, 6) is -1.37. The SMILES string of the molecule is Cc1ccc(F)c(C(=O)N[C@@H](C(=O)N2CCC3(CCN(C)CC3c3ccc(F)cc3)CC2)C(C)C)c1. The zero-order valence-electron chi connectivity index (χ0n) is 21.7. The first-order valence-electron chi connectivity index (χ1n) is 12.9. The molecule has 2 aliphatic heterocycles. The summed E-state index contributed by atoms with van der Waals surface area (Å²) in [5, 5.41) is 2.80. The third-order valence-electron chi connectivity index (χ3n) is 8.15. The van der Waals surface area contributed by atoms with Crippen molar-refractivity contribution in [2.75, 3.05) is 33.2 Å². The Bertz CT molecular complexity index is 1090. The van der Waals surface area contributed by atoms with Crippen molar-refractivity contribution in [3.05, 3.63) is 70.8 Å². The highest BCUT2D eigenvalue weighted by molar-refractivity contribution is 5.98. The highest BCUT2D eigenvalue weighted by atomic mass is 19.1. The molecule has 1 unspecified atom stereocenters. The molecule has 0 aliphatic carbocycles. The lowest BCUT2D eigenvalue weighted by molar-refractivity contribution is -0.137. The van der Waals surface area contributed by atoms with Crippen molar-refractivity contribution in [2.45, 2.75) is 52.0 Å². The van der Waals surface area contributed by atoms with Crippen molar-refractivity contribution in [1.82, 2.24) is 15.1 Å². The van der Waals surface area contributed by atoms with E-state index < -0.39 is 17.8 Å². The third-order valence-corrected chi connectivity index (χ3v) is 8.15. The zero-order chi connectivity index (χ0) is 26.0. The van der Waals surface area contributed by atoms with E-state index in [0.29, 0.717) is 13.1 Å². The van der Waals surface area contributed by atoms with Crippen molar-refractivity contribution in [3.63, 3.8) is 0 Å². The fourth-order valence-electron chi connectivity index (χ4n) is 5.85. The molecule has 2 atom stereocenters. The molecule has 0 saturated carbocycles. The topological polar surface area (TPSA) is 52.7 Å². The highest BCUT2D eigenvalue weighted by Gasteiger charge is 2.46. The molecule has 2 saturated heterocycles. The number of amides is 2. The molecule has 0 aromatic heterocycles. The maximum atomic E-state index is 14.3. The Labute approximate surface area is 212 Å². The summed E-state index contributed by atoms with van der Waals surface area (Å²) in [6.45, 7) is 8.71. The monoisotopic (exact) mass is 497 g/mol. The summed E-state index contributed by atoms with van der Waals surface area (Å²) in [6, 6.07) is 10.5. The first kappa shape index (κ1) is 26.3. The summed E-state index contributed by atoms with van der Waals surface area (Å²) >= 11 is 0. The van der Waals surface area contributed by atoms with Crippen LogP contribution in [0.4, 0.5) is 8.78 Å². The van der Waals surface area contributed by atoms with Gasteiger partial charge in [-0.25, -0.2) is 8.78 Å². The molecule has 2 aliphatic rings. The van der Waals surface area contributed by atoms with Gasteiger partial charge in [0.1, 0.15) is 17.7 Å². The van der Waals surface area contributed by atoms with Crippen LogP contribution in [0, 0.1) is 29.9 Å². The van der Waals surface area contributed by atoms with Gasteiger partial charge in [0.05, 0.1) is 5.56 Å². The Balaban J connectivity index is 1.47. The molecule has 2 fully saturated rings. The van der Waals surface area contributed by atoms with Gasteiger partial charge >= 0.3 is 0 Å². The van der Waals surface area contributed by atoms with Gasteiger partial charge in [0.25, 0.3) is 5.91 Å². The average Bonchev–Trinajstić information content (AvgIpc) is 2.86. The molecule has 5 nitrogen and oxygen atoms in total. The molecule has 1 N–H and O–H groups in total. The van der Waals surface area contributed by atoms with Crippen LogP contribution >= 0.6 is 0 Å². The number of carbonyl (C=O) groups excluding carboxylic acids is 2. The van der Waals surface area contributed by atoms with Gasteiger partial charge in [0.15, 0.2) is 0 Å². The Morgan fingerprint density at radius 3 is 2.28 bits per heavy atom. The smallest absolute Gasteiger partial charge is 0.254 e. The van der Waals surface area contributed by atoms with E-state index in [1.54, 1.807) is 13.0 Å². The number of nitrogens with one attached hydrogen (secondary N) is 1. The molecule has 0 radical (unpaired) electrons. The second-order valence-electron chi connectivity index (χ2n) is 11.0. The Hall–Kier alpha value is -2.80. The van der Waals surface area contributed by atoms with Crippen molar-refractivity contribution in [1.29, 1.82) is 0 Å². The minimum atomic E-state index is -0.725. The number of piperidine rings is 2. The van der Waals surface area contributed by atoms with E-state index in [1.165, 1.54) is 24.3 Å². The van der Waals surface area contributed by atoms with Gasteiger partial charge in [0.2, 0.25) is 5.91 Å². The first-order valence-corrected chi connectivity index (χ1v) is 12.9. The lowest BCUT2D eigenvalue weighted by atomic mass is 9.62. The summed E-state index contributed by atoms with van der Waals surface area (Å²) in [7, 11) is 2.12. The maximum absolute atomic E-state index is 14.3. The summed E-state index contributed by atoms with van der Waals surface area (Å²) in [6.07, 6.45) is 2.75. The van der Waals surface area contributed by atoms with E-state index in [2.05, 4.69) is 17.3 Å². The van der Waals surface area contributed by atoms with Gasteiger partial charge in [-0.1, -0.05) is 37.6 Å². The minimum Gasteiger partial charge on any atom is -0.341 e. The van der Waals surface area contributed by atoms with Crippen LogP contribution in [0.5, 0.6) is 0 Å². The van der Waals surface area contributed by atoms with Gasteiger partial charge in [-0.2, -0.15) is 0 Å². The van der Waals surface area contributed by atoms with Gasteiger partial charge in [0, 0.05) is 25.6 Å². The molecule has 0 bridgehead atoms. The second kappa shape index (κ2) is 10.7. The van der Waals surface area contributed by atoms with Crippen LogP contribution in [0.25, 0.3) is 0 Å². The third kappa shape index (κ3) is 5.46. The fraction of sp³-hybridized carbons (Fsp3) is 0.517. The molecule has 194 valence electrons. The van der Waals surface area contributed by atoms with E-state index in [1.807, 2.05) is 30.9 Å².